The number of halogens is 8. The molecule has 2 heterocycles. The monoisotopic (exact) mass is 604 g/mol. The Kier molecular flexibility index (Phi) is 9.82. The number of anilines is 2. The van der Waals surface area contributed by atoms with Crippen LogP contribution in [0.4, 0.5) is 37.7 Å². The van der Waals surface area contributed by atoms with E-state index in [9.17, 15) is 26.3 Å². The van der Waals surface area contributed by atoms with Crippen molar-refractivity contribution in [2.75, 3.05) is 10.9 Å². The zero-order valence-electron chi connectivity index (χ0n) is 20.6. The molecule has 0 saturated heterocycles. The third kappa shape index (κ3) is 7.99. The third-order valence-corrected chi connectivity index (χ3v) is 5.78. The highest BCUT2D eigenvalue weighted by Gasteiger charge is 2.39. The standard InChI is InChI=1S/2C12H10ClF3N4/c2*1-20-11(13)9(10(19-20)12(14,15)16)7-17-18-8-5-3-2-4-6-8/h2*2-7,18H,1H3/b2*17-7+. The maximum atomic E-state index is 12.8. The number of hydrazone groups is 2. The number of para-hydroxylation sites is 2. The van der Waals surface area contributed by atoms with Gasteiger partial charge in [0.05, 0.1) is 34.9 Å². The van der Waals surface area contributed by atoms with Crippen LogP contribution in [0.3, 0.4) is 0 Å². The van der Waals surface area contributed by atoms with E-state index in [-0.39, 0.29) is 21.4 Å². The average Bonchev–Trinajstić information content (AvgIpc) is 3.36. The number of nitrogens with one attached hydrogen (secondary N) is 2. The summed E-state index contributed by atoms with van der Waals surface area (Å²) in [6.07, 6.45) is -7.16. The molecule has 0 saturated carbocycles. The molecule has 4 rings (SSSR count). The van der Waals surface area contributed by atoms with Crippen molar-refractivity contribution in [3.8, 4) is 0 Å². The van der Waals surface area contributed by atoms with Gasteiger partial charge in [-0.05, 0) is 24.3 Å². The van der Waals surface area contributed by atoms with E-state index in [1.807, 2.05) is 12.1 Å². The number of hydrogen-bond acceptors (Lipinski definition) is 6. The van der Waals surface area contributed by atoms with E-state index < -0.39 is 23.7 Å². The van der Waals surface area contributed by atoms with Crippen LogP contribution in [-0.2, 0) is 26.4 Å². The molecule has 2 N–H and O–H groups in total. The Labute approximate surface area is 233 Å². The van der Waals surface area contributed by atoms with Crippen LogP contribution in [0.25, 0.3) is 0 Å². The normalized spacial score (nSPS) is 12.1. The molecule has 0 atom stereocenters. The second-order valence-electron chi connectivity index (χ2n) is 7.82. The Morgan fingerprint density at radius 1 is 0.650 bits per heavy atom. The summed E-state index contributed by atoms with van der Waals surface area (Å²) < 4.78 is 78.6. The molecule has 0 aliphatic carbocycles. The summed E-state index contributed by atoms with van der Waals surface area (Å²) >= 11 is 11.6. The maximum absolute atomic E-state index is 12.8. The van der Waals surface area contributed by atoms with E-state index in [4.69, 9.17) is 23.2 Å². The van der Waals surface area contributed by atoms with E-state index in [1.165, 1.54) is 14.1 Å². The van der Waals surface area contributed by atoms with Gasteiger partial charge in [0.1, 0.15) is 10.3 Å². The van der Waals surface area contributed by atoms with Crippen molar-refractivity contribution in [3.05, 3.63) is 93.5 Å². The lowest BCUT2D eigenvalue weighted by atomic mass is 10.2. The van der Waals surface area contributed by atoms with Crippen LogP contribution in [0.5, 0.6) is 0 Å². The second-order valence-corrected chi connectivity index (χ2v) is 8.54. The largest absolute Gasteiger partial charge is 0.435 e. The predicted octanol–water partition coefficient (Wildman–Crippen LogP) is 7.08. The third-order valence-electron chi connectivity index (χ3n) is 4.88. The quantitative estimate of drug-likeness (QED) is 0.140. The average molecular weight is 605 g/mol. The van der Waals surface area contributed by atoms with Crippen molar-refractivity contribution < 1.29 is 26.3 Å². The lowest BCUT2D eigenvalue weighted by Crippen LogP contribution is -2.09. The van der Waals surface area contributed by atoms with Gasteiger partial charge in [-0.15, -0.1) is 0 Å². The van der Waals surface area contributed by atoms with Crippen LogP contribution in [0.1, 0.15) is 22.5 Å². The smallest absolute Gasteiger partial charge is 0.279 e. The van der Waals surface area contributed by atoms with Crippen LogP contribution in [0, 0.1) is 0 Å². The Hall–Kier alpha value is -4.04. The lowest BCUT2D eigenvalue weighted by molar-refractivity contribution is -0.142. The van der Waals surface area contributed by atoms with Crippen molar-refractivity contribution >= 4 is 47.0 Å². The molecule has 0 spiro atoms. The Morgan fingerprint density at radius 3 is 1.27 bits per heavy atom. The van der Waals surface area contributed by atoms with Crippen LogP contribution in [0.2, 0.25) is 10.3 Å². The number of hydrogen-bond donors (Lipinski definition) is 2. The van der Waals surface area contributed by atoms with Crippen molar-refractivity contribution in [1.82, 2.24) is 19.6 Å². The zero-order chi connectivity index (χ0) is 29.5. The minimum atomic E-state index is -4.58. The van der Waals surface area contributed by atoms with E-state index in [0.717, 1.165) is 21.8 Å². The first-order valence-corrected chi connectivity index (χ1v) is 11.8. The molecular weight excluding hydrogens is 585 g/mol. The molecule has 0 fully saturated rings. The fraction of sp³-hybridized carbons (Fsp3) is 0.167. The van der Waals surface area contributed by atoms with Crippen molar-refractivity contribution in [3.63, 3.8) is 0 Å². The highest BCUT2D eigenvalue weighted by atomic mass is 35.5. The molecule has 8 nitrogen and oxygen atoms in total. The summed E-state index contributed by atoms with van der Waals surface area (Å²) in [4.78, 5) is 0. The minimum absolute atomic E-state index is 0.129. The Morgan fingerprint density at radius 2 is 0.975 bits per heavy atom. The minimum Gasteiger partial charge on any atom is -0.279 e. The molecule has 0 aliphatic rings. The van der Waals surface area contributed by atoms with Gasteiger partial charge >= 0.3 is 12.4 Å². The molecule has 0 unspecified atom stereocenters. The van der Waals surface area contributed by atoms with E-state index in [2.05, 4.69) is 31.3 Å². The first kappa shape index (κ1) is 30.5. The molecule has 4 aromatic rings. The number of aryl methyl sites for hydroxylation is 2. The SMILES string of the molecule is Cn1nc(C(F)(F)F)c(/C=N/Nc2ccccc2)c1Cl.Cn1nc(C(F)(F)F)c(/C=N/Nc2ccccc2)c1Cl. The van der Waals surface area contributed by atoms with Crippen LogP contribution in [-0.4, -0.2) is 32.0 Å². The summed E-state index contributed by atoms with van der Waals surface area (Å²) in [5, 5.41) is 13.9. The van der Waals surface area contributed by atoms with Crippen LogP contribution >= 0.6 is 23.2 Å². The molecule has 16 heteroatoms. The number of rotatable bonds is 6. The summed E-state index contributed by atoms with van der Waals surface area (Å²) in [6, 6.07) is 17.6. The topological polar surface area (TPSA) is 84.4 Å². The lowest BCUT2D eigenvalue weighted by Gasteiger charge is -2.03. The van der Waals surface area contributed by atoms with Gasteiger partial charge in [0, 0.05) is 14.1 Å². The molecule has 2 aromatic heterocycles. The van der Waals surface area contributed by atoms with E-state index >= 15 is 0 Å². The van der Waals surface area contributed by atoms with E-state index in [1.54, 1.807) is 48.5 Å². The van der Waals surface area contributed by atoms with Gasteiger partial charge in [-0.25, -0.2) is 0 Å². The van der Waals surface area contributed by atoms with Crippen molar-refractivity contribution in [1.29, 1.82) is 0 Å². The van der Waals surface area contributed by atoms with Gasteiger partial charge in [-0.1, -0.05) is 59.6 Å². The van der Waals surface area contributed by atoms with Crippen molar-refractivity contribution in [2.45, 2.75) is 12.4 Å². The summed E-state index contributed by atoms with van der Waals surface area (Å²) in [6.45, 7) is 0. The van der Waals surface area contributed by atoms with E-state index in [0.29, 0.717) is 11.4 Å². The molecule has 0 bridgehead atoms. The molecule has 0 radical (unpaired) electrons. The zero-order valence-corrected chi connectivity index (χ0v) is 22.1. The fourth-order valence-electron chi connectivity index (χ4n) is 3.06. The molecule has 40 heavy (non-hydrogen) atoms. The van der Waals surface area contributed by atoms with Crippen LogP contribution in [0.15, 0.2) is 70.9 Å². The maximum Gasteiger partial charge on any atom is 0.435 e. The number of alkyl halides is 6. The second kappa shape index (κ2) is 12.9. The van der Waals surface area contributed by atoms with Crippen LogP contribution < -0.4 is 10.9 Å². The number of nitrogens with zero attached hydrogens (tertiary/aromatic N) is 6. The van der Waals surface area contributed by atoms with Gasteiger partial charge in [-0.2, -0.15) is 46.7 Å². The molecule has 2 aromatic carbocycles. The molecule has 0 aliphatic heterocycles. The number of aromatic nitrogens is 4. The summed E-state index contributed by atoms with van der Waals surface area (Å²) in [5.74, 6) is 0. The summed E-state index contributed by atoms with van der Waals surface area (Å²) in [5.41, 5.74) is 3.85. The van der Waals surface area contributed by atoms with Gasteiger partial charge in [0.2, 0.25) is 0 Å². The first-order valence-electron chi connectivity index (χ1n) is 11.1. The van der Waals surface area contributed by atoms with Gasteiger partial charge in [0.25, 0.3) is 0 Å². The molecular formula is C24H20Cl2F6N8. The predicted molar refractivity (Wildman–Crippen MR) is 142 cm³/mol. The van der Waals surface area contributed by atoms with Gasteiger partial charge < -0.3 is 0 Å². The highest BCUT2D eigenvalue weighted by molar-refractivity contribution is 6.32. The van der Waals surface area contributed by atoms with Gasteiger partial charge in [-0.3, -0.25) is 20.2 Å². The van der Waals surface area contributed by atoms with Gasteiger partial charge in [0.15, 0.2) is 11.4 Å². The Balaban J connectivity index is 0.000000220. The Bertz CT molecular complexity index is 1350. The summed E-state index contributed by atoms with van der Waals surface area (Å²) in [7, 11) is 2.67. The number of benzene rings is 2. The van der Waals surface area contributed by atoms with Crippen molar-refractivity contribution in [2.24, 2.45) is 24.3 Å². The molecule has 0 amide bonds. The fourth-order valence-corrected chi connectivity index (χ4v) is 3.41. The first-order chi connectivity index (χ1) is 18.8. The highest BCUT2D eigenvalue weighted by Crippen LogP contribution is 2.34. The molecule has 212 valence electrons.